The smallest absolute Gasteiger partial charge is 0.116 e. The molecule has 1 aliphatic rings. The summed E-state index contributed by atoms with van der Waals surface area (Å²) in [6, 6.07) is 5.60. The molecule has 0 amide bonds. The van der Waals surface area contributed by atoms with E-state index in [1.54, 1.807) is 12.1 Å². The van der Waals surface area contributed by atoms with Crippen LogP contribution in [0, 0.1) is 0 Å². The van der Waals surface area contributed by atoms with Crippen LogP contribution < -0.4 is 0 Å². The molecule has 1 N–H and O–H groups in total. The van der Waals surface area contributed by atoms with Crippen LogP contribution in [0.2, 0.25) is 0 Å². The van der Waals surface area contributed by atoms with Crippen LogP contribution in [0.15, 0.2) is 22.7 Å². The minimum Gasteiger partial charge on any atom is -0.508 e. The lowest BCUT2D eigenvalue weighted by Gasteiger charge is -2.11. The van der Waals surface area contributed by atoms with Crippen LogP contribution >= 0.6 is 15.9 Å². The second-order valence-corrected chi connectivity index (χ2v) is 4.54. The standard InChI is InChI=1S/C11H13BrO/c12-11-7-9(13)5-6-10(11)8-3-1-2-4-8/h5-8,13H,1-4H2. The number of halogens is 1. The third-order valence-electron chi connectivity index (χ3n) is 2.78. The molecule has 13 heavy (non-hydrogen) atoms. The summed E-state index contributed by atoms with van der Waals surface area (Å²) in [6.45, 7) is 0. The molecule has 0 aliphatic heterocycles. The molecule has 1 aromatic rings. The number of hydrogen-bond donors (Lipinski definition) is 1. The maximum atomic E-state index is 9.25. The van der Waals surface area contributed by atoms with E-state index in [-0.39, 0.29) is 0 Å². The van der Waals surface area contributed by atoms with Gasteiger partial charge in [-0.3, -0.25) is 0 Å². The largest absolute Gasteiger partial charge is 0.508 e. The van der Waals surface area contributed by atoms with Crippen molar-refractivity contribution in [2.75, 3.05) is 0 Å². The van der Waals surface area contributed by atoms with Crippen molar-refractivity contribution < 1.29 is 5.11 Å². The van der Waals surface area contributed by atoms with Crippen molar-refractivity contribution in [2.24, 2.45) is 0 Å². The molecule has 1 aliphatic carbocycles. The summed E-state index contributed by atoms with van der Waals surface area (Å²) >= 11 is 3.50. The van der Waals surface area contributed by atoms with Gasteiger partial charge in [-0.25, -0.2) is 0 Å². The zero-order valence-electron chi connectivity index (χ0n) is 7.46. The van der Waals surface area contributed by atoms with Gasteiger partial charge in [-0.05, 0) is 36.5 Å². The topological polar surface area (TPSA) is 20.2 Å². The number of benzene rings is 1. The molecule has 70 valence electrons. The summed E-state index contributed by atoms with van der Waals surface area (Å²) in [6.07, 6.45) is 5.28. The van der Waals surface area contributed by atoms with Crippen LogP contribution in [0.4, 0.5) is 0 Å². The van der Waals surface area contributed by atoms with E-state index in [1.807, 2.05) is 6.07 Å². The van der Waals surface area contributed by atoms with Crippen molar-refractivity contribution in [1.82, 2.24) is 0 Å². The molecule has 0 spiro atoms. The van der Waals surface area contributed by atoms with Gasteiger partial charge < -0.3 is 5.11 Å². The molecule has 0 radical (unpaired) electrons. The molecule has 0 unspecified atom stereocenters. The van der Waals surface area contributed by atoms with Gasteiger partial charge in [0.15, 0.2) is 0 Å². The van der Waals surface area contributed by atoms with Gasteiger partial charge in [0.1, 0.15) is 5.75 Å². The highest BCUT2D eigenvalue weighted by Gasteiger charge is 2.18. The van der Waals surface area contributed by atoms with Gasteiger partial charge in [0.25, 0.3) is 0 Å². The highest BCUT2D eigenvalue weighted by molar-refractivity contribution is 9.10. The Balaban J connectivity index is 2.29. The third-order valence-corrected chi connectivity index (χ3v) is 3.47. The fourth-order valence-corrected chi connectivity index (χ4v) is 2.77. The lowest BCUT2D eigenvalue weighted by Crippen LogP contribution is -1.92. The SMILES string of the molecule is Oc1ccc(C2CCCC2)c(Br)c1. The van der Waals surface area contributed by atoms with E-state index < -0.39 is 0 Å². The number of phenols is 1. The maximum absolute atomic E-state index is 9.25. The average Bonchev–Trinajstić information content (AvgIpc) is 2.56. The quantitative estimate of drug-likeness (QED) is 0.792. The minimum absolute atomic E-state index is 0.341. The van der Waals surface area contributed by atoms with E-state index in [9.17, 15) is 5.11 Å². The molecule has 2 rings (SSSR count). The third kappa shape index (κ3) is 1.88. The van der Waals surface area contributed by atoms with Gasteiger partial charge in [-0.15, -0.1) is 0 Å². The Morgan fingerprint density at radius 3 is 2.54 bits per heavy atom. The molecule has 0 aromatic heterocycles. The van der Waals surface area contributed by atoms with E-state index in [1.165, 1.54) is 31.2 Å². The Morgan fingerprint density at radius 1 is 1.23 bits per heavy atom. The number of hydrogen-bond acceptors (Lipinski definition) is 1. The molecule has 0 bridgehead atoms. The normalized spacial score (nSPS) is 17.9. The predicted molar refractivity (Wildman–Crippen MR) is 57.0 cm³/mol. The summed E-state index contributed by atoms with van der Waals surface area (Å²) in [5.74, 6) is 1.04. The van der Waals surface area contributed by atoms with Gasteiger partial charge >= 0.3 is 0 Å². The van der Waals surface area contributed by atoms with Crippen molar-refractivity contribution in [3.05, 3.63) is 28.2 Å². The van der Waals surface area contributed by atoms with Crippen LogP contribution in [0.3, 0.4) is 0 Å². The van der Waals surface area contributed by atoms with Gasteiger partial charge in [-0.1, -0.05) is 34.8 Å². The first-order valence-electron chi connectivity index (χ1n) is 4.76. The van der Waals surface area contributed by atoms with Crippen LogP contribution in [-0.2, 0) is 0 Å². The van der Waals surface area contributed by atoms with Crippen molar-refractivity contribution >= 4 is 15.9 Å². The Labute approximate surface area is 86.9 Å². The molecular weight excluding hydrogens is 228 g/mol. The molecular formula is C11H13BrO. The monoisotopic (exact) mass is 240 g/mol. The molecule has 1 nitrogen and oxygen atoms in total. The first kappa shape index (κ1) is 9.07. The van der Waals surface area contributed by atoms with E-state index in [2.05, 4.69) is 15.9 Å². The van der Waals surface area contributed by atoms with Crippen LogP contribution in [0.5, 0.6) is 5.75 Å². The molecule has 1 aromatic carbocycles. The van der Waals surface area contributed by atoms with Gasteiger partial charge in [0.05, 0.1) is 0 Å². The zero-order chi connectivity index (χ0) is 9.26. The molecule has 2 heteroatoms. The summed E-state index contributed by atoms with van der Waals surface area (Å²) in [5, 5.41) is 9.25. The molecule has 1 saturated carbocycles. The highest BCUT2D eigenvalue weighted by Crippen LogP contribution is 2.38. The van der Waals surface area contributed by atoms with Gasteiger partial charge in [-0.2, -0.15) is 0 Å². The van der Waals surface area contributed by atoms with Crippen molar-refractivity contribution in [1.29, 1.82) is 0 Å². The fourth-order valence-electron chi connectivity index (χ4n) is 2.08. The minimum atomic E-state index is 0.341. The number of phenolic OH excluding ortho intramolecular Hbond substituents is 1. The van der Waals surface area contributed by atoms with Crippen LogP contribution in [0.25, 0.3) is 0 Å². The van der Waals surface area contributed by atoms with Crippen molar-refractivity contribution in [3.63, 3.8) is 0 Å². The molecule has 0 heterocycles. The average molecular weight is 241 g/mol. The molecule has 0 atom stereocenters. The van der Waals surface area contributed by atoms with Crippen molar-refractivity contribution in [3.8, 4) is 5.75 Å². The summed E-state index contributed by atoms with van der Waals surface area (Å²) in [4.78, 5) is 0. The summed E-state index contributed by atoms with van der Waals surface area (Å²) < 4.78 is 1.06. The predicted octanol–water partition coefficient (Wildman–Crippen LogP) is 3.81. The molecule has 0 saturated heterocycles. The highest BCUT2D eigenvalue weighted by atomic mass is 79.9. The van der Waals surface area contributed by atoms with E-state index >= 15 is 0 Å². The maximum Gasteiger partial charge on any atom is 0.116 e. The number of aromatic hydroxyl groups is 1. The Hall–Kier alpha value is -0.500. The lowest BCUT2D eigenvalue weighted by atomic mass is 9.98. The summed E-state index contributed by atoms with van der Waals surface area (Å²) in [5.41, 5.74) is 1.36. The van der Waals surface area contributed by atoms with E-state index in [0.29, 0.717) is 11.7 Å². The summed E-state index contributed by atoms with van der Waals surface area (Å²) in [7, 11) is 0. The lowest BCUT2D eigenvalue weighted by molar-refractivity contribution is 0.474. The number of rotatable bonds is 1. The van der Waals surface area contributed by atoms with E-state index in [4.69, 9.17) is 0 Å². The fraction of sp³-hybridized carbons (Fsp3) is 0.455. The molecule has 1 fully saturated rings. The first-order valence-corrected chi connectivity index (χ1v) is 5.55. The van der Waals surface area contributed by atoms with Crippen molar-refractivity contribution in [2.45, 2.75) is 31.6 Å². The second-order valence-electron chi connectivity index (χ2n) is 3.69. The second kappa shape index (κ2) is 3.70. The Kier molecular flexibility index (Phi) is 2.58. The zero-order valence-corrected chi connectivity index (χ0v) is 9.05. The van der Waals surface area contributed by atoms with Crippen LogP contribution in [0.1, 0.15) is 37.2 Å². The Morgan fingerprint density at radius 2 is 1.92 bits per heavy atom. The first-order chi connectivity index (χ1) is 6.27. The van der Waals surface area contributed by atoms with E-state index in [0.717, 1.165) is 4.47 Å². The Bertz CT molecular complexity index is 303. The van der Waals surface area contributed by atoms with Gasteiger partial charge in [0.2, 0.25) is 0 Å². The van der Waals surface area contributed by atoms with Crippen LogP contribution in [-0.4, -0.2) is 5.11 Å². The van der Waals surface area contributed by atoms with Gasteiger partial charge in [0, 0.05) is 4.47 Å².